The number of carbonyl (C=O) groups is 1. The van der Waals surface area contributed by atoms with E-state index < -0.39 is 6.17 Å². The number of nitrogens with zero attached hydrogens (tertiary/aromatic N) is 4. The molecule has 174 valence electrons. The van der Waals surface area contributed by atoms with Gasteiger partial charge in [-0.1, -0.05) is 16.8 Å². The van der Waals surface area contributed by atoms with E-state index in [1.807, 2.05) is 24.3 Å². The fraction of sp³-hybridized carbons (Fsp3) is 0.167. The summed E-state index contributed by atoms with van der Waals surface area (Å²) in [6.45, 7) is 0.435. The molecule has 0 aliphatic rings. The van der Waals surface area contributed by atoms with Crippen LogP contribution >= 0.6 is 11.6 Å². The minimum absolute atomic E-state index is 0.299. The predicted molar refractivity (Wildman–Crippen MR) is 128 cm³/mol. The van der Waals surface area contributed by atoms with E-state index in [9.17, 15) is 4.79 Å². The SMILES string of the molecule is COc1cc(Cn2cc(C(NC(=O)c3cccnc3)Nc3ccc(Cl)cc3)nn2)cc(OC)c1. The Morgan fingerprint density at radius 3 is 2.47 bits per heavy atom. The standard InChI is InChI=1S/C24H23ClN6O3/c1-33-20-10-16(11-21(12-20)34-2)14-31-15-22(29-30-31)23(27-19-7-5-18(25)6-8-19)28-24(32)17-4-3-9-26-13-17/h3-13,15,23,27H,14H2,1-2H3,(H,28,32). The number of benzene rings is 2. The summed E-state index contributed by atoms with van der Waals surface area (Å²) in [5.41, 5.74) is 2.64. The van der Waals surface area contributed by atoms with Crippen LogP contribution in [-0.4, -0.2) is 40.1 Å². The van der Waals surface area contributed by atoms with Crippen molar-refractivity contribution in [1.82, 2.24) is 25.3 Å². The maximum Gasteiger partial charge on any atom is 0.254 e. The molecule has 9 nitrogen and oxygen atoms in total. The third kappa shape index (κ3) is 5.81. The lowest BCUT2D eigenvalue weighted by Crippen LogP contribution is -2.33. The highest BCUT2D eigenvalue weighted by Crippen LogP contribution is 2.24. The molecule has 2 aromatic carbocycles. The lowest BCUT2D eigenvalue weighted by atomic mass is 10.2. The molecular weight excluding hydrogens is 456 g/mol. The summed E-state index contributed by atoms with van der Waals surface area (Å²) < 4.78 is 12.4. The average Bonchev–Trinajstić information content (AvgIpc) is 3.33. The predicted octanol–water partition coefficient (Wildman–Crippen LogP) is 3.93. The third-order valence-electron chi connectivity index (χ3n) is 4.96. The number of rotatable bonds is 9. The van der Waals surface area contributed by atoms with Crippen LogP contribution in [0.4, 0.5) is 5.69 Å². The van der Waals surface area contributed by atoms with Gasteiger partial charge in [0, 0.05) is 29.2 Å². The quantitative estimate of drug-likeness (QED) is 0.351. The smallest absolute Gasteiger partial charge is 0.254 e. The molecule has 2 heterocycles. The van der Waals surface area contributed by atoms with Crippen molar-refractivity contribution < 1.29 is 14.3 Å². The van der Waals surface area contributed by atoms with Gasteiger partial charge in [-0.25, -0.2) is 4.68 Å². The van der Waals surface area contributed by atoms with Gasteiger partial charge in [-0.05, 0) is 54.1 Å². The van der Waals surface area contributed by atoms with Gasteiger partial charge in [-0.3, -0.25) is 9.78 Å². The average molecular weight is 479 g/mol. The van der Waals surface area contributed by atoms with Gasteiger partial charge in [-0.15, -0.1) is 5.10 Å². The molecule has 0 radical (unpaired) electrons. The van der Waals surface area contributed by atoms with Crippen molar-refractivity contribution in [1.29, 1.82) is 0 Å². The molecule has 2 N–H and O–H groups in total. The summed E-state index contributed by atoms with van der Waals surface area (Å²) >= 11 is 6.01. The number of amides is 1. The zero-order valence-electron chi connectivity index (χ0n) is 18.6. The van der Waals surface area contributed by atoms with Crippen LogP contribution in [0.3, 0.4) is 0 Å². The maximum absolute atomic E-state index is 12.8. The van der Waals surface area contributed by atoms with Crippen molar-refractivity contribution in [2.75, 3.05) is 19.5 Å². The number of pyridine rings is 1. The summed E-state index contributed by atoms with van der Waals surface area (Å²) in [5, 5.41) is 15.4. The van der Waals surface area contributed by atoms with Crippen LogP contribution in [0, 0.1) is 0 Å². The van der Waals surface area contributed by atoms with Crippen LogP contribution in [0.1, 0.15) is 27.8 Å². The fourth-order valence-corrected chi connectivity index (χ4v) is 3.40. The van der Waals surface area contributed by atoms with Gasteiger partial charge in [-0.2, -0.15) is 0 Å². The molecular formula is C24H23ClN6O3. The molecule has 34 heavy (non-hydrogen) atoms. The number of carbonyl (C=O) groups excluding carboxylic acids is 1. The Morgan fingerprint density at radius 1 is 1.09 bits per heavy atom. The van der Waals surface area contributed by atoms with E-state index >= 15 is 0 Å². The Morgan fingerprint density at radius 2 is 1.82 bits per heavy atom. The number of ether oxygens (including phenoxy) is 2. The number of hydrogen-bond acceptors (Lipinski definition) is 7. The molecule has 1 atom stereocenters. The minimum atomic E-state index is -0.650. The largest absolute Gasteiger partial charge is 0.497 e. The number of nitrogens with one attached hydrogen (secondary N) is 2. The molecule has 0 aliphatic carbocycles. The van der Waals surface area contributed by atoms with Crippen LogP contribution in [0.2, 0.25) is 5.02 Å². The van der Waals surface area contributed by atoms with Crippen LogP contribution in [0.15, 0.2) is 73.2 Å². The molecule has 1 amide bonds. The van der Waals surface area contributed by atoms with Gasteiger partial charge in [0.25, 0.3) is 5.91 Å². The molecule has 0 bridgehead atoms. The maximum atomic E-state index is 12.8. The van der Waals surface area contributed by atoms with Crippen LogP contribution in [0.5, 0.6) is 11.5 Å². The fourth-order valence-electron chi connectivity index (χ4n) is 3.28. The van der Waals surface area contributed by atoms with E-state index in [1.165, 1.54) is 6.20 Å². The zero-order valence-corrected chi connectivity index (χ0v) is 19.4. The van der Waals surface area contributed by atoms with Gasteiger partial charge >= 0.3 is 0 Å². The van der Waals surface area contributed by atoms with Crippen molar-refractivity contribution in [2.24, 2.45) is 0 Å². The Balaban J connectivity index is 1.57. The van der Waals surface area contributed by atoms with Crippen molar-refractivity contribution in [3.05, 3.63) is 95.0 Å². The highest BCUT2D eigenvalue weighted by Gasteiger charge is 2.19. The molecule has 4 aromatic rings. The van der Waals surface area contributed by atoms with E-state index in [-0.39, 0.29) is 5.91 Å². The summed E-state index contributed by atoms with van der Waals surface area (Å²) in [7, 11) is 3.20. The summed E-state index contributed by atoms with van der Waals surface area (Å²) in [6, 6.07) is 16.2. The number of halogens is 1. The third-order valence-corrected chi connectivity index (χ3v) is 5.21. The second-order valence-corrected chi connectivity index (χ2v) is 7.80. The second kappa shape index (κ2) is 10.7. The Labute approximate surface area is 201 Å². The summed E-state index contributed by atoms with van der Waals surface area (Å²) in [6.07, 6.45) is 4.23. The van der Waals surface area contributed by atoms with E-state index in [0.29, 0.717) is 34.3 Å². The first kappa shape index (κ1) is 23.1. The van der Waals surface area contributed by atoms with Crippen LogP contribution < -0.4 is 20.1 Å². The van der Waals surface area contributed by atoms with Gasteiger partial charge in [0.2, 0.25) is 0 Å². The first-order valence-electron chi connectivity index (χ1n) is 10.4. The van der Waals surface area contributed by atoms with E-state index in [2.05, 4.69) is 25.9 Å². The zero-order chi connectivity index (χ0) is 23.9. The Bertz CT molecular complexity index is 1230. The lowest BCUT2D eigenvalue weighted by Gasteiger charge is -2.19. The van der Waals surface area contributed by atoms with Gasteiger partial charge in [0.15, 0.2) is 0 Å². The number of anilines is 1. The molecule has 4 rings (SSSR count). The van der Waals surface area contributed by atoms with Crippen molar-refractivity contribution in [3.63, 3.8) is 0 Å². The summed E-state index contributed by atoms with van der Waals surface area (Å²) in [5.74, 6) is 1.06. The van der Waals surface area contributed by atoms with Crippen LogP contribution in [0.25, 0.3) is 0 Å². The highest BCUT2D eigenvalue weighted by atomic mass is 35.5. The number of hydrogen-bond donors (Lipinski definition) is 2. The topological polar surface area (TPSA) is 103 Å². The Kier molecular flexibility index (Phi) is 7.24. The number of aromatic nitrogens is 4. The first-order chi connectivity index (χ1) is 16.5. The molecule has 0 fully saturated rings. The van der Waals surface area contributed by atoms with Gasteiger partial charge < -0.3 is 20.1 Å². The normalized spacial score (nSPS) is 11.5. The first-order valence-corrected chi connectivity index (χ1v) is 10.8. The molecule has 0 saturated carbocycles. The summed E-state index contributed by atoms with van der Waals surface area (Å²) in [4.78, 5) is 16.8. The second-order valence-electron chi connectivity index (χ2n) is 7.36. The van der Waals surface area contributed by atoms with Crippen molar-refractivity contribution in [3.8, 4) is 11.5 Å². The van der Waals surface area contributed by atoms with E-state index in [0.717, 1.165) is 11.3 Å². The molecule has 0 spiro atoms. The lowest BCUT2D eigenvalue weighted by molar-refractivity contribution is 0.0940. The molecule has 0 aliphatic heterocycles. The van der Waals surface area contributed by atoms with Gasteiger partial charge in [0.05, 0.1) is 32.5 Å². The molecule has 1 unspecified atom stereocenters. The van der Waals surface area contributed by atoms with E-state index in [4.69, 9.17) is 21.1 Å². The monoisotopic (exact) mass is 478 g/mol. The molecule has 0 saturated heterocycles. The van der Waals surface area contributed by atoms with E-state index in [1.54, 1.807) is 61.6 Å². The number of methoxy groups -OCH3 is 2. The molecule has 2 aromatic heterocycles. The van der Waals surface area contributed by atoms with Crippen LogP contribution in [-0.2, 0) is 6.54 Å². The minimum Gasteiger partial charge on any atom is -0.497 e. The van der Waals surface area contributed by atoms with Crippen molar-refractivity contribution in [2.45, 2.75) is 12.7 Å². The molecule has 10 heteroatoms. The van der Waals surface area contributed by atoms with Crippen molar-refractivity contribution >= 4 is 23.2 Å². The highest BCUT2D eigenvalue weighted by molar-refractivity contribution is 6.30. The Hall–Kier alpha value is -4.11. The van der Waals surface area contributed by atoms with Gasteiger partial charge in [0.1, 0.15) is 23.4 Å².